The number of primary amides is 1. The van der Waals surface area contributed by atoms with E-state index >= 15 is 0 Å². The number of carbonyl (C=O) groups excluding carboxylic acids is 1. The fourth-order valence-electron chi connectivity index (χ4n) is 4.09. The number of nitrogens with two attached hydrogens (primary N) is 1. The number of carbonyl (C=O) groups is 2. The van der Waals surface area contributed by atoms with Crippen LogP contribution in [0.3, 0.4) is 0 Å². The van der Waals surface area contributed by atoms with Gasteiger partial charge in [-0.3, -0.25) is 24.5 Å². The van der Waals surface area contributed by atoms with Crippen LogP contribution in [-0.2, 0) is 22.7 Å². The van der Waals surface area contributed by atoms with Gasteiger partial charge in [0.2, 0.25) is 5.91 Å². The molecule has 1 saturated carbocycles. The van der Waals surface area contributed by atoms with Crippen LogP contribution in [0.25, 0.3) is 0 Å². The van der Waals surface area contributed by atoms with Crippen LogP contribution in [-0.4, -0.2) is 37.9 Å². The van der Waals surface area contributed by atoms with Crippen LogP contribution in [0.2, 0.25) is 0 Å². The number of hydrogen-bond acceptors (Lipinski definition) is 5. The summed E-state index contributed by atoms with van der Waals surface area (Å²) in [7, 11) is 0. The molecule has 1 aliphatic carbocycles. The lowest BCUT2D eigenvalue weighted by Gasteiger charge is -2.40. The van der Waals surface area contributed by atoms with Crippen LogP contribution in [0.15, 0.2) is 36.7 Å². The number of pyridine rings is 2. The van der Waals surface area contributed by atoms with Crippen molar-refractivity contribution in [1.82, 2.24) is 14.9 Å². The monoisotopic (exact) mass is 396 g/mol. The van der Waals surface area contributed by atoms with Crippen molar-refractivity contribution in [2.24, 2.45) is 11.1 Å². The van der Waals surface area contributed by atoms with Crippen LogP contribution in [0.1, 0.15) is 48.2 Å². The fraction of sp³-hybridized carbons (Fsp3) is 0.455. The number of aryl methyl sites for hydroxylation is 2. The van der Waals surface area contributed by atoms with Crippen molar-refractivity contribution in [1.29, 1.82) is 0 Å². The highest BCUT2D eigenvalue weighted by Crippen LogP contribution is 2.39. The molecule has 0 bridgehead atoms. The van der Waals surface area contributed by atoms with Crippen molar-refractivity contribution in [2.45, 2.75) is 58.7 Å². The van der Waals surface area contributed by atoms with E-state index < -0.39 is 17.3 Å². The quantitative estimate of drug-likeness (QED) is 0.696. The summed E-state index contributed by atoms with van der Waals surface area (Å²) in [4.78, 5) is 35.0. The van der Waals surface area contributed by atoms with Gasteiger partial charge in [-0.2, -0.15) is 0 Å². The average molecular weight is 396 g/mol. The number of hydrogen-bond donors (Lipinski definition) is 2. The summed E-state index contributed by atoms with van der Waals surface area (Å²) in [6.45, 7) is 5.36. The molecule has 3 N–H and O–H groups in total. The van der Waals surface area contributed by atoms with Crippen molar-refractivity contribution in [3.8, 4) is 0 Å². The topological polar surface area (TPSA) is 109 Å². The lowest BCUT2D eigenvalue weighted by Crippen LogP contribution is -2.49. The van der Waals surface area contributed by atoms with Crippen molar-refractivity contribution < 1.29 is 14.7 Å². The third kappa shape index (κ3) is 4.45. The van der Waals surface area contributed by atoms with Gasteiger partial charge in [0.25, 0.3) is 0 Å². The molecule has 0 radical (unpaired) electrons. The van der Waals surface area contributed by atoms with Gasteiger partial charge in [-0.15, -0.1) is 0 Å². The van der Waals surface area contributed by atoms with E-state index in [2.05, 4.69) is 14.9 Å². The number of aliphatic carboxylic acids is 1. The van der Waals surface area contributed by atoms with Crippen molar-refractivity contribution in [3.05, 3.63) is 59.2 Å². The Balaban J connectivity index is 1.84. The summed E-state index contributed by atoms with van der Waals surface area (Å²) >= 11 is 0. The Hall–Kier alpha value is -2.80. The molecule has 0 atom stereocenters. The molecule has 0 aliphatic heterocycles. The fourth-order valence-corrected chi connectivity index (χ4v) is 4.09. The number of amides is 1. The minimum absolute atomic E-state index is 0.129. The molecule has 2 aromatic rings. The molecule has 7 nitrogen and oxygen atoms in total. The maximum atomic E-state index is 11.9. The van der Waals surface area contributed by atoms with E-state index in [1.165, 1.54) is 0 Å². The zero-order valence-corrected chi connectivity index (χ0v) is 17.0. The van der Waals surface area contributed by atoms with E-state index in [1.807, 2.05) is 38.1 Å². The molecule has 1 amide bonds. The number of aromatic nitrogens is 2. The minimum atomic E-state index is -1.45. The lowest BCUT2D eigenvalue weighted by atomic mass is 9.71. The first-order valence-corrected chi connectivity index (χ1v) is 9.92. The Bertz CT molecular complexity index is 828. The highest BCUT2D eigenvalue weighted by Gasteiger charge is 2.48. The van der Waals surface area contributed by atoms with Gasteiger partial charge in [-0.05, 0) is 62.8 Å². The molecule has 7 heteroatoms. The highest BCUT2D eigenvalue weighted by atomic mass is 16.4. The van der Waals surface area contributed by atoms with Gasteiger partial charge >= 0.3 is 5.97 Å². The summed E-state index contributed by atoms with van der Waals surface area (Å²) in [5.74, 6) is -1.85. The first-order chi connectivity index (χ1) is 13.8. The maximum absolute atomic E-state index is 11.9. The molecule has 2 heterocycles. The van der Waals surface area contributed by atoms with Crippen LogP contribution >= 0.6 is 0 Å². The molecule has 0 spiro atoms. The van der Waals surface area contributed by atoms with E-state index in [4.69, 9.17) is 5.73 Å². The van der Waals surface area contributed by atoms with Crippen molar-refractivity contribution >= 4 is 11.9 Å². The van der Waals surface area contributed by atoms with Gasteiger partial charge in [0.05, 0.1) is 11.4 Å². The summed E-state index contributed by atoms with van der Waals surface area (Å²) < 4.78 is 0. The van der Waals surface area contributed by atoms with E-state index in [-0.39, 0.29) is 18.9 Å². The van der Waals surface area contributed by atoms with Crippen LogP contribution in [0.5, 0.6) is 0 Å². The zero-order valence-electron chi connectivity index (χ0n) is 17.0. The average Bonchev–Trinajstić information content (AvgIpc) is 2.70. The van der Waals surface area contributed by atoms with Gasteiger partial charge in [0.1, 0.15) is 5.41 Å². The zero-order chi connectivity index (χ0) is 21.0. The van der Waals surface area contributed by atoms with Gasteiger partial charge < -0.3 is 10.8 Å². The first-order valence-electron chi connectivity index (χ1n) is 9.92. The predicted molar refractivity (Wildman–Crippen MR) is 109 cm³/mol. The van der Waals surface area contributed by atoms with Crippen LogP contribution < -0.4 is 5.73 Å². The largest absolute Gasteiger partial charge is 0.480 e. The molecular weight excluding hydrogens is 368 g/mol. The molecule has 3 rings (SSSR count). The van der Waals surface area contributed by atoms with Crippen molar-refractivity contribution in [2.75, 3.05) is 0 Å². The van der Waals surface area contributed by atoms with Crippen molar-refractivity contribution in [3.63, 3.8) is 0 Å². The molecular formula is C22H28N4O3. The summed E-state index contributed by atoms with van der Waals surface area (Å²) in [5, 5.41) is 9.59. The van der Waals surface area contributed by atoms with Gasteiger partial charge in [-0.25, -0.2) is 0 Å². The van der Waals surface area contributed by atoms with E-state index in [0.717, 1.165) is 22.5 Å². The number of nitrogens with zero attached hydrogens (tertiary/aromatic N) is 3. The lowest BCUT2D eigenvalue weighted by molar-refractivity contribution is -0.158. The summed E-state index contributed by atoms with van der Waals surface area (Å²) in [6, 6.07) is 8.04. The Morgan fingerprint density at radius 3 is 1.93 bits per heavy atom. The molecule has 1 fully saturated rings. The second-order valence-corrected chi connectivity index (χ2v) is 7.92. The Labute approximate surface area is 171 Å². The molecule has 0 saturated heterocycles. The molecule has 29 heavy (non-hydrogen) atoms. The number of rotatable bonds is 7. The molecule has 0 aromatic carbocycles. The first kappa shape index (κ1) is 20.9. The van der Waals surface area contributed by atoms with Gasteiger partial charge in [0.15, 0.2) is 0 Å². The molecule has 0 unspecified atom stereocenters. The second-order valence-electron chi connectivity index (χ2n) is 7.92. The maximum Gasteiger partial charge on any atom is 0.319 e. The Kier molecular flexibility index (Phi) is 6.27. The smallest absolute Gasteiger partial charge is 0.319 e. The van der Waals surface area contributed by atoms with Gasteiger partial charge in [-0.1, -0.05) is 12.1 Å². The van der Waals surface area contributed by atoms with E-state index in [0.29, 0.717) is 25.9 Å². The highest BCUT2D eigenvalue weighted by molar-refractivity contribution is 6.01. The number of carboxylic acids is 1. The Morgan fingerprint density at radius 2 is 1.55 bits per heavy atom. The normalized spacial score (nSPS) is 21.8. The number of carboxylic acid groups (broad SMARTS) is 1. The third-order valence-electron chi connectivity index (χ3n) is 6.15. The van der Waals surface area contributed by atoms with Gasteiger partial charge in [0, 0.05) is 31.5 Å². The Morgan fingerprint density at radius 1 is 1.07 bits per heavy atom. The third-order valence-corrected chi connectivity index (χ3v) is 6.15. The SMILES string of the molecule is Cc1cccnc1CN(Cc1ncccc1C)C1CCC(C(N)=O)(C(=O)O)CC1. The second kappa shape index (κ2) is 8.69. The standard InChI is InChI=1S/C22H28N4O3/c1-15-5-3-11-24-18(15)13-26(14-19-16(2)6-4-12-25-19)17-7-9-22(10-8-17,20(23)27)21(28)29/h3-6,11-12,17H,7-10,13-14H2,1-2H3,(H2,23,27)(H,28,29). The van der Waals surface area contributed by atoms with Crippen LogP contribution in [0, 0.1) is 19.3 Å². The van der Waals surface area contributed by atoms with E-state index in [9.17, 15) is 14.7 Å². The molecule has 154 valence electrons. The van der Waals surface area contributed by atoms with Crippen LogP contribution in [0.4, 0.5) is 0 Å². The molecule has 2 aromatic heterocycles. The summed E-state index contributed by atoms with van der Waals surface area (Å²) in [6.07, 6.45) is 5.26. The predicted octanol–water partition coefficient (Wildman–Crippen LogP) is 2.59. The minimum Gasteiger partial charge on any atom is -0.480 e. The van der Waals surface area contributed by atoms with E-state index in [1.54, 1.807) is 12.4 Å². The molecule has 1 aliphatic rings. The summed E-state index contributed by atoms with van der Waals surface area (Å²) in [5.41, 5.74) is 8.22.